The third-order valence-electron chi connectivity index (χ3n) is 10.5. The Bertz CT molecular complexity index is 1370. The number of hydrogen-bond acceptors (Lipinski definition) is 15. The first-order valence-corrected chi connectivity index (χ1v) is 27.3. The average Bonchev–Trinajstić information content (AvgIpc) is 3.19. The summed E-state index contributed by atoms with van der Waals surface area (Å²) in [4.78, 5) is 84.7. The van der Waals surface area contributed by atoms with Crippen LogP contribution in [0.5, 0.6) is 0 Å². The van der Waals surface area contributed by atoms with E-state index in [1.807, 2.05) is 6.92 Å². The summed E-state index contributed by atoms with van der Waals surface area (Å²) in [6.07, 6.45) is 6.94. The molecule has 0 aromatic rings. The van der Waals surface area contributed by atoms with Crippen LogP contribution in [0.4, 0.5) is 0 Å². The predicted octanol–water partition coefficient (Wildman–Crippen LogP) is 6.75. The van der Waals surface area contributed by atoms with Crippen molar-refractivity contribution in [1.82, 2.24) is 0 Å². The number of esters is 2. The number of ketones is 1. The van der Waals surface area contributed by atoms with Crippen LogP contribution in [0.3, 0.4) is 0 Å². The van der Waals surface area contributed by atoms with Crippen molar-refractivity contribution in [2.75, 3.05) is 13.2 Å². The summed E-state index contributed by atoms with van der Waals surface area (Å²) in [7, 11) is -16.6. The Hall–Kier alpha value is -1.18. The van der Waals surface area contributed by atoms with Crippen LogP contribution in [-0.4, -0.2) is 113 Å². The molecule has 0 aromatic carbocycles. The number of carbonyl (C=O) groups is 3. The molecule has 0 amide bonds. The van der Waals surface area contributed by atoms with E-state index >= 15 is 0 Å². The number of aliphatic hydroxyl groups excluding tert-OH is 3. The standard InChI is InChI=1S/C40H77O20P3/c1-3-5-6-7-8-9-10-11-12-13-18-21-24-28-34(43)57-32(29-55-33(42)27-23-20-17-15-14-16-19-22-26-31(41)25-4-2)30-56-63(53,54)60-40-36(45)38(58-61(47,48)49)35(44)39(37(40)46)59-62(50,51)52/h32,35-40,44-46H,3-30H2,1-2H3,(H,53,54)(H2,47,48,49)(H2,50,51,52)/t32-,35?,36-,37?,38-,39+,40?/m1/s1. The summed E-state index contributed by atoms with van der Waals surface area (Å²) in [6.45, 7) is 2.65. The first kappa shape index (κ1) is 59.8. The van der Waals surface area contributed by atoms with Crippen LogP contribution in [0.25, 0.3) is 0 Å². The number of hydrogen-bond donors (Lipinski definition) is 8. The molecule has 1 aliphatic carbocycles. The van der Waals surface area contributed by atoms with Crippen molar-refractivity contribution >= 4 is 41.2 Å². The minimum atomic E-state index is -5.55. The summed E-state index contributed by atoms with van der Waals surface area (Å²) in [5, 5.41) is 31.8. The fourth-order valence-electron chi connectivity index (χ4n) is 7.18. The highest BCUT2D eigenvalue weighted by Crippen LogP contribution is 2.51. The maximum Gasteiger partial charge on any atom is 0.472 e. The first-order valence-electron chi connectivity index (χ1n) is 22.7. The van der Waals surface area contributed by atoms with Gasteiger partial charge in [-0.1, -0.05) is 129 Å². The highest BCUT2D eigenvalue weighted by molar-refractivity contribution is 7.47. The molecule has 1 rings (SSSR count). The maximum atomic E-state index is 13.1. The molecule has 20 nitrogen and oxygen atoms in total. The van der Waals surface area contributed by atoms with E-state index in [0.717, 1.165) is 83.5 Å². The zero-order chi connectivity index (χ0) is 47.3. The Morgan fingerprint density at radius 2 is 0.825 bits per heavy atom. The molecule has 8 N–H and O–H groups in total. The van der Waals surface area contributed by atoms with Gasteiger partial charge < -0.3 is 49.3 Å². The van der Waals surface area contributed by atoms with Gasteiger partial charge in [0.15, 0.2) is 6.10 Å². The molecule has 1 fully saturated rings. The van der Waals surface area contributed by atoms with Gasteiger partial charge in [-0.15, -0.1) is 0 Å². The molecule has 0 aliphatic heterocycles. The number of ether oxygens (including phenoxy) is 2. The molecule has 0 aromatic heterocycles. The molecule has 1 aliphatic rings. The molecular formula is C40H77O20P3. The quantitative estimate of drug-likeness (QED) is 0.0179. The second-order valence-electron chi connectivity index (χ2n) is 16.3. The lowest BCUT2D eigenvalue weighted by Crippen LogP contribution is -2.65. The second-order valence-corrected chi connectivity index (χ2v) is 20.1. The monoisotopic (exact) mass is 970 g/mol. The predicted molar refractivity (Wildman–Crippen MR) is 230 cm³/mol. The fourth-order valence-corrected chi connectivity index (χ4v) is 9.29. The summed E-state index contributed by atoms with van der Waals surface area (Å²) < 4.78 is 65.3. The lowest BCUT2D eigenvalue weighted by atomic mass is 9.85. The Labute approximate surface area is 372 Å². The SMILES string of the molecule is CCCCCCCCCCCCCCCC(=O)O[C@H](COC(=O)CCCCCCCCCCC(=O)CCC)COP(=O)(O)OC1C(O)[C@@H](OP(=O)(O)O)C(O)[C@@H](OP(=O)(O)O)[C@H]1O. The maximum absolute atomic E-state index is 13.1. The molecular weight excluding hydrogens is 893 g/mol. The summed E-state index contributed by atoms with van der Waals surface area (Å²) >= 11 is 0. The minimum absolute atomic E-state index is 0.0167. The summed E-state index contributed by atoms with van der Waals surface area (Å²) in [5.41, 5.74) is 0. The van der Waals surface area contributed by atoms with Crippen molar-refractivity contribution in [2.24, 2.45) is 0 Å². The molecule has 4 unspecified atom stereocenters. The van der Waals surface area contributed by atoms with Crippen LogP contribution in [0, 0.1) is 0 Å². The van der Waals surface area contributed by atoms with E-state index in [4.69, 9.17) is 18.5 Å². The highest BCUT2D eigenvalue weighted by atomic mass is 31.2. The van der Waals surface area contributed by atoms with Gasteiger partial charge in [-0.05, 0) is 25.7 Å². The molecule has 0 saturated heterocycles. The van der Waals surface area contributed by atoms with Gasteiger partial charge >= 0.3 is 35.4 Å². The first-order chi connectivity index (χ1) is 29.7. The Balaban J connectivity index is 2.78. The lowest BCUT2D eigenvalue weighted by Gasteiger charge is -2.44. The van der Waals surface area contributed by atoms with E-state index in [0.29, 0.717) is 31.5 Å². The number of unbranched alkanes of at least 4 members (excludes halogenated alkanes) is 19. The van der Waals surface area contributed by atoms with E-state index in [1.165, 1.54) is 44.9 Å². The van der Waals surface area contributed by atoms with Crippen molar-refractivity contribution in [3.05, 3.63) is 0 Å². The van der Waals surface area contributed by atoms with E-state index < -0.39 is 91.3 Å². The van der Waals surface area contributed by atoms with E-state index in [-0.39, 0.29) is 12.8 Å². The van der Waals surface area contributed by atoms with Crippen molar-refractivity contribution in [3.8, 4) is 0 Å². The van der Waals surface area contributed by atoms with Crippen molar-refractivity contribution in [3.63, 3.8) is 0 Å². The van der Waals surface area contributed by atoms with Gasteiger partial charge in [0.1, 0.15) is 49.0 Å². The van der Waals surface area contributed by atoms with Gasteiger partial charge in [0.2, 0.25) is 0 Å². The number of phosphoric ester groups is 3. The number of phosphoric acid groups is 3. The topological polar surface area (TPSA) is 320 Å². The zero-order valence-electron chi connectivity index (χ0n) is 37.2. The molecule has 0 bridgehead atoms. The molecule has 0 radical (unpaired) electrons. The highest BCUT2D eigenvalue weighted by Gasteiger charge is 2.56. The summed E-state index contributed by atoms with van der Waals surface area (Å²) in [6, 6.07) is 0. The Morgan fingerprint density at radius 1 is 0.460 bits per heavy atom. The van der Waals surface area contributed by atoms with Crippen LogP contribution >= 0.6 is 23.5 Å². The third-order valence-corrected chi connectivity index (χ3v) is 12.6. The largest absolute Gasteiger partial charge is 0.472 e. The van der Waals surface area contributed by atoms with Gasteiger partial charge in [-0.25, -0.2) is 13.7 Å². The van der Waals surface area contributed by atoms with Gasteiger partial charge in [-0.3, -0.25) is 32.5 Å². The molecule has 8 atom stereocenters. The molecule has 63 heavy (non-hydrogen) atoms. The van der Waals surface area contributed by atoms with Gasteiger partial charge in [0, 0.05) is 25.7 Å². The number of aliphatic hydroxyl groups is 3. The van der Waals surface area contributed by atoms with Gasteiger partial charge in [0.25, 0.3) is 0 Å². The van der Waals surface area contributed by atoms with E-state index in [9.17, 15) is 67.9 Å². The van der Waals surface area contributed by atoms with E-state index in [1.54, 1.807) is 0 Å². The third kappa shape index (κ3) is 30.0. The summed E-state index contributed by atoms with van der Waals surface area (Å²) in [5.74, 6) is -1.05. The van der Waals surface area contributed by atoms with Gasteiger partial charge in [0.05, 0.1) is 6.61 Å². The van der Waals surface area contributed by atoms with Crippen molar-refractivity contribution in [1.29, 1.82) is 0 Å². The lowest BCUT2D eigenvalue weighted by molar-refractivity contribution is -0.213. The average molecular weight is 971 g/mol. The van der Waals surface area contributed by atoms with Crippen LogP contribution in [0.15, 0.2) is 0 Å². The zero-order valence-corrected chi connectivity index (χ0v) is 39.8. The number of carbonyl (C=O) groups excluding carboxylic acids is 3. The van der Waals surface area contributed by atoms with Crippen LogP contribution in [0.1, 0.15) is 181 Å². The molecule has 0 heterocycles. The van der Waals surface area contributed by atoms with Crippen molar-refractivity contribution in [2.45, 2.75) is 224 Å². The number of Topliss-reactive ketones (excluding diaryl/α,β-unsaturated/α-hetero) is 1. The van der Waals surface area contributed by atoms with Gasteiger partial charge in [-0.2, -0.15) is 0 Å². The normalized spacial score (nSPS) is 22.1. The van der Waals surface area contributed by atoms with E-state index in [2.05, 4.69) is 16.0 Å². The van der Waals surface area contributed by atoms with Crippen LogP contribution < -0.4 is 0 Å². The molecule has 372 valence electrons. The Kier molecular flexibility index (Phi) is 31.6. The Morgan fingerprint density at radius 3 is 1.22 bits per heavy atom. The fraction of sp³-hybridized carbons (Fsp3) is 0.925. The van der Waals surface area contributed by atoms with Crippen molar-refractivity contribution < 1.29 is 95.4 Å². The molecule has 0 spiro atoms. The van der Waals surface area contributed by atoms with Crippen LogP contribution in [0.2, 0.25) is 0 Å². The second kappa shape index (κ2) is 33.3. The minimum Gasteiger partial charge on any atom is -0.462 e. The molecule has 1 saturated carbocycles. The van der Waals surface area contributed by atoms with Crippen LogP contribution in [-0.2, 0) is 55.6 Å². The number of rotatable bonds is 39. The molecule has 23 heteroatoms. The smallest absolute Gasteiger partial charge is 0.462 e.